The Hall–Kier alpha value is -3.29. The van der Waals surface area contributed by atoms with Crippen molar-refractivity contribution in [3.63, 3.8) is 0 Å². The third-order valence-corrected chi connectivity index (χ3v) is 5.58. The van der Waals surface area contributed by atoms with E-state index < -0.39 is 46.5 Å². The number of hydrogen-bond donors (Lipinski definition) is 0. The summed E-state index contributed by atoms with van der Waals surface area (Å²) in [5.41, 5.74) is 2.25. The van der Waals surface area contributed by atoms with Crippen LogP contribution in [0.1, 0.15) is 29.2 Å². The molecule has 0 unspecified atom stereocenters. The van der Waals surface area contributed by atoms with E-state index in [4.69, 9.17) is 0 Å². The van der Waals surface area contributed by atoms with Gasteiger partial charge in [-0.05, 0) is 70.9 Å². The van der Waals surface area contributed by atoms with Gasteiger partial charge in [0.2, 0.25) is 5.75 Å². The third kappa shape index (κ3) is 4.60. The van der Waals surface area contributed by atoms with Crippen molar-refractivity contribution >= 4 is 5.57 Å². The first-order chi connectivity index (χ1) is 15.6. The molecule has 1 aliphatic carbocycles. The summed E-state index contributed by atoms with van der Waals surface area (Å²) in [6.45, 7) is 2.03. The van der Waals surface area contributed by atoms with Crippen LogP contribution < -0.4 is 4.74 Å². The molecule has 3 aromatic carbocycles. The second-order valence-electron chi connectivity index (χ2n) is 7.66. The number of halogens is 7. The topological polar surface area (TPSA) is 9.23 Å². The molecular formula is C25H17F7O. The summed E-state index contributed by atoms with van der Waals surface area (Å²) in [7, 11) is 0. The van der Waals surface area contributed by atoms with Crippen LogP contribution in [-0.2, 0) is 19.3 Å². The number of ether oxygens (including phenoxy) is 1. The van der Waals surface area contributed by atoms with E-state index in [0.29, 0.717) is 17.7 Å². The minimum absolute atomic E-state index is 0.125. The van der Waals surface area contributed by atoms with Crippen LogP contribution in [0.4, 0.5) is 30.7 Å². The summed E-state index contributed by atoms with van der Waals surface area (Å²) in [6, 6.07) is 9.75. The minimum Gasteiger partial charge on any atom is -0.399 e. The van der Waals surface area contributed by atoms with Crippen LogP contribution in [0, 0.1) is 23.3 Å². The van der Waals surface area contributed by atoms with Crippen LogP contribution in [0.25, 0.3) is 16.7 Å². The monoisotopic (exact) mass is 466 g/mol. The molecule has 1 aliphatic rings. The predicted octanol–water partition coefficient (Wildman–Crippen LogP) is 7.55. The van der Waals surface area contributed by atoms with Crippen molar-refractivity contribution in [2.24, 2.45) is 0 Å². The number of aryl methyl sites for hydroxylation is 1. The highest BCUT2D eigenvalue weighted by Gasteiger charge is 2.34. The van der Waals surface area contributed by atoms with E-state index in [2.05, 4.69) is 4.74 Å². The molecule has 0 fully saturated rings. The van der Waals surface area contributed by atoms with Gasteiger partial charge in [-0.25, -0.2) is 17.6 Å². The first-order valence-electron chi connectivity index (χ1n) is 10.1. The number of benzene rings is 3. The van der Waals surface area contributed by atoms with Crippen molar-refractivity contribution in [1.82, 2.24) is 0 Å². The molecule has 0 aliphatic heterocycles. The Morgan fingerprint density at radius 2 is 1.48 bits per heavy atom. The van der Waals surface area contributed by atoms with Gasteiger partial charge in [-0.3, -0.25) is 0 Å². The molecule has 0 spiro atoms. The maximum Gasteiger partial charge on any atom is 0.573 e. The van der Waals surface area contributed by atoms with Crippen molar-refractivity contribution in [2.45, 2.75) is 32.5 Å². The highest BCUT2D eigenvalue weighted by Crippen LogP contribution is 2.38. The molecule has 0 bridgehead atoms. The van der Waals surface area contributed by atoms with Crippen molar-refractivity contribution < 1.29 is 35.5 Å². The van der Waals surface area contributed by atoms with Gasteiger partial charge in [0.1, 0.15) is 11.6 Å². The number of rotatable bonds is 4. The van der Waals surface area contributed by atoms with Gasteiger partial charge in [0, 0.05) is 0 Å². The molecule has 8 heteroatoms. The Labute approximate surface area is 185 Å². The fraction of sp³-hybridized carbons (Fsp3) is 0.200. The molecule has 0 heterocycles. The molecule has 1 nitrogen and oxygen atoms in total. The van der Waals surface area contributed by atoms with Gasteiger partial charge in [0.25, 0.3) is 0 Å². The molecule has 0 atom stereocenters. The standard InChI is InChI=1S/C25H17F7O/c1-2-13-3-5-14(6-4-13)15-7-8-18-16(9-15)10-19(26)22(23(18)29)17-11-20(27)24(21(28)12-17)33-25(30,31)32/h3-7,10-12H,2,8-9H2,1H3. The van der Waals surface area contributed by atoms with Crippen LogP contribution in [0.3, 0.4) is 0 Å². The average molecular weight is 466 g/mol. The van der Waals surface area contributed by atoms with Crippen molar-refractivity contribution in [3.05, 3.63) is 94.1 Å². The summed E-state index contributed by atoms with van der Waals surface area (Å²) in [5.74, 6) is -7.22. The van der Waals surface area contributed by atoms with Gasteiger partial charge >= 0.3 is 6.36 Å². The highest BCUT2D eigenvalue weighted by atomic mass is 19.4. The average Bonchev–Trinajstić information content (AvgIpc) is 2.75. The molecule has 33 heavy (non-hydrogen) atoms. The maximum absolute atomic E-state index is 15.2. The summed E-state index contributed by atoms with van der Waals surface area (Å²) in [6.07, 6.45) is -2.26. The molecule has 0 radical (unpaired) electrons. The van der Waals surface area contributed by atoms with Gasteiger partial charge in [-0.2, -0.15) is 0 Å². The zero-order chi connectivity index (χ0) is 23.9. The predicted molar refractivity (Wildman–Crippen MR) is 110 cm³/mol. The zero-order valence-corrected chi connectivity index (χ0v) is 17.3. The second-order valence-corrected chi connectivity index (χ2v) is 7.66. The Balaban J connectivity index is 1.70. The first kappa shape index (κ1) is 22.9. The molecule has 0 saturated heterocycles. The van der Waals surface area contributed by atoms with Crippen molar-refractivity contribution in [1.29, 1.82) is 0 Å². The lowest BCUT2D eigenvalue weighted by atomic mass is 9.85. The van der Waals surface area contributed by atoms with Crippen LogP contribution in [0.5, 0.6) is 5.75 Å². The van der Waals surface area contributed by atoms with E-state index in [1.165, 1.54) is 0 Å². The SMILES string of the molecule is CCc1ccc(C2=CCc3c(cc(F)c(-c4cc(F)c(OC(F)(F)F)c(F)c4)c3F)C2)cc1. The first-order valence-corrected chi connectivity index (χ1v) is 10.1. The summed E-state index contributed by atoms with van der Waals surface area (Å²) < 4.78 is 98.7. The summed E-state index contributed by atoms with van der Waals surface area (Å²) >= 11 is 0. The molecule has 0 N–H and O–H groups in total. The molecular weight excluding hydrogens is 449 g/mol. The number of allylic oxidation sites excluding steroid dienone is 2. The second kappa shape index (κ2) is 8.57. The Morgan fingerprint density at radius 3 is 2.06 bits per heavy atom. The van der Waals surface area contributed by atoms with E-state index in [1.807, 2.05) is 31.2 Å². The van der Waals surface area contributed by atoms with E-state index in [9.17, 15) is 26.3 Å². The van der Waals surface area contributed by atoms with Crippen molar-refractivity contribution in [2.75, 3.05) is 0 Å². The smallest absolute Gasteiger partial charge is 0.399 e. The van der Waals surface area contributed by atoms with Crippen LogP contribution >= 0.6 is 0 Å². The lowest BCUT2D eigenvalue weighted by Crippen LogP contribution is -2.19. The zero-order valence-electron chi connectivity index (χ0n) is 17.3. The Morgan fingerprint density at radius 1 is 0.848 bits per heavy atom. The van der Waals surface area contributed by atoms with E-state index in [1.54, 1.807) is 6.08 Å². The number of fused-ring (bicyclic) bond motifs is 1. The van der Waals surface area contributed by atoms with Crippen LogP contribution in [0.2, 0.25) is 0 Å². The fourth-order valence-corrected chi connectivity index (χ4v) is 3.95. The number of hydrogen-bond acceptors (Lipinski definition) is 1. The molecule has 3 aromatic rings. The highest BCUT2D eigenvalue weighted by molar-refractivity contribution is 5.74. The molecule has 172 valence electrons. The van der Waals surface area contributed by atoms with Crippen LogP contribution in [0.15, 0.2) is 48.5 Å². The Bertz CT molecular complexity index is 1220. The number of alkyl halides is 3. The summed E-state index contributed by atoms with van der Waals surface area (Å²) in [4.78, 5) is 0. The fourth-order valence-electron chi connectivity index (χ4n) is 3.95. The lowest BCUT2D eigenvalue weighted by Gasteiger charge is -2.21. The van der Waals surface area contributed by atoms with E-state index in [-0.39, 0.29) is 18.4 Å². The third-order valence-electron chi connectivity index (χ3n) is 5.58. The molecule has 0 aromatic heterocycles. The largest absolute Gasteiger partial charge is 0.573 e. The quantitative estimate of drug-likeness (QED) is 0.361. The van der Waals surface area contributed by atoms with Gasteiger partial charge in [-0.15, -0.1) is 13.2 Å². The maximum atomic E-state index is 15.2. The van der Waals surface area contributed by atoms with Crippen LogP contribution in [-0.4, -0.2) is 6.36 Å². The molecule has 0 saturated carbocycles. The molecule has 4 rings (SSSR count). The van der Waals surface area contributed by atoms with Gasteiger partial charge in [-0.1, -0.05) is 37.3 Å². The summed E-state index contributed by atoms with van der Waals surface area (Å²) in [5, 5.41) is 0. The Kier molecular flexibility index (Phi) is 5.95. The van der Waals surface area contributed by atoms with E-state index in [0.717, 1.165) is 29.2 Å². The van der Waals surface area contributed by atoms with Gasteiger partial charge in [0.15, 0.2) is 11.6 Å². The normalized spacial score (nSPS) is 13.5. The van der Waals surface area contributed by atoms with Gasteiger partial charge < -0.3 is 4.74 Å². The minimum atomic E-state index is -5.33. The van der Waals surface area contributed by atoms with E-state index >= 15 is 4.39 Å². The lowest BCUT2D eigenvalue weighted by molar-refractivity contribution is -0.276. The van der Waals surface area contributed by atoms with Gasteiger partial charge in [0.05, 0.1) is 5.56 Å². The molecule has 0 amide bonds. The van der Waals surface area contributed by atoms with Crippen molar-refractivity contribution in [3.8, 4) is 16.9 Å².